The lowest BCUT2D eigenvalue weighted by Gasteiger charge is -2.24. The summed E-state index contributed by atoms with van der Waals surface area (Å²) in [4.78, 5) is 28.6. The number of pyridine rings is 1. The van der Waals surface area contributed by atoms with Gasteiger partial charge in [0.15, 0.2) is 4.90 Å². The van der Waals surface area contributed by atoms with Crippen LogP contribution < -0.4 is 16.0 Å². The quantitative estimate of drug-likeness (QED) is 0.347. The number of nitrogens with zero attached hydrogens (tertiary/aromatic N) is 4. The third-order valence-corrected chi connectivity index (χ3v) is 7.51. The monoisotopic (exact) mass is 488 g/mol. The van der Waals surface area contributed by atoms with Gasteiger partial charge in [0.25, 0.3) is 5.91 Å². The maximum atomic E-state index is 13.4. The Morgan fingerprint density at radius 3 is 2.71 bits per heavy atom. The zero-order valence-electron chi connectivity index (χ0n) is 18.4. The highest BCUT2D eigenvalue weighted by Gasteiger charge is 2.20. The minimum Gasteiger partial charge on any atom is -0.612 e. The van der Waals surface area contributed by atoms with Crippen LogP contribution in [0.2, 0.25) is 0 Å². The Morgan fingerprint density at radius 1 is 1.15 bits per heavy atom. The molecule has 5 aromatic rings. The molecule has 8 nitrogen and oxygen atoms in total. The summed E-state index contributed by atoms with van der Waals surface area (Å²) in [6.45, 7) is 0. The largest absolute Gasteiger partial charge is 0.612 e. The Morgan fingerprint density at radius 2 is 1.94 bits per heavy atom. The van der Waals surface area contributed by atoms with Crippen LogP contribution in [0.5, 0.6) is 0 Å². The number of nitrogen functional groups attached to an aromatic ring is 1. The van der Waals surface area contributed by atoms with Gasteiger partial charge < -0.3 is 20.5 Å². The van der Waals surface area contributed by atoms with Gasteiger partial charge >= 0.3 is 0 Å². The Hall–Kier alpha value is -3.73. The van der Waals surface area contributed by atoms with Crippen LogP contribution in [-0.2, 0) is 11.2 Å². The average Bonchev–Trinajstić information content (AvgIpc) is 3.29. The average molecular weight is 489 g/mol. The summed E-state index contributed by atoms with van der Waals surface area (Å²) in [6.07, 6.45) is 6.46. The number of hydrogen-bond donors (Lipinski definition) is 2. The minimum atomic E-state index is -1.06. The molecule has 3 N–H and O–H groups in total. The number of fused-ring (bicyclic) bond motifs is 2. The van der Waals surface area contributed by atoms with E-state index in [-0.39, 0.29) is 5.91 Å². The van der Waals surface area contributed by atoms with Crippen molar-refractivity contribution in [3.8, 4) is 0 Å². The molecule has 0 fully saturated rings. The van der Waals surface area contributed by atoms with Crippen LogP contribution >= 0.6 is 11.3 Å². The fourth-order valence-electron chi connectivity index (χ4n) is 3.78. The maximum absolute atomic E-state index is 13.4. The molecular formula is C24H20N6O2S2. The summed E-state index contributed by atoms with van der Waals surface area (Å²) in [5.74, 6) is 0.0576. The van der Waals surface area contributed by atoms with Crippen molar-refractivity contribution >= 4 is 72.3 Å². The number of benzene rings is 2. The second-order valence-corrected chi connectivity index (χ2v) is 9.86. The maximum Gasteiger partial charge on any atom is 0.258 e. The lowest BCUT2D eigenvalue weighted by atomic mass is 10.1. The van der Waals surface area contributed by atoms with Gasteiger partial charge in [-0.1, -0.05) is 6.07 Å². The number of rotatable bonds is 5. The van der Waals surface area contributed by atoms with E-state index in [1.165, 1.54) is 17.7 Å². The molecule has 170 valence electrons. The molecule has 0 radical (unpaired) electrons. The predicted molar refractivity (Wildman–Crippen MR) is 138 cm³/mol. The van der Waals surface area contributed by atoms with Crippen LogP contribution in [0.3, 0.4) is 0 Å². The standard InChI is InChI=1S/C24H20N6O2S2/c1-30(15-4-6-16(7-5-15)34(2)32)19-8-3-14-11-26-10-9-17(14)20(19)29-24(31)18-12-33-22-21(18)27-13-28-23(22)25/h3-13H,1-2H3,(H,29,31)(H2,25,27,28). The van der Waals surface area contributed by atoms with E-state index in [1.807, 2.05) is 54.4 Å². The summed E-state index contributed by atoms with van der Waals surface area (Å²) < 4.78 is 12.5. The van der Waals surface area contributed by atoms with Gasteiger partial charge in [-0.15, -0.1) is 11.3 Å². The van der Waals surface area contributed by atoms with E-state index in [9.17, 15) is 9.35 Å². The van der Waals surface area contributed by atoms with Crippen LogP contribution in [-0.4, -0.2) is 38.7 Å². The van der Waals surface area contributed by atoms with E-state index in [0.717, 1.165) is 27.0 Å². The number of carbonyl (C=O) groups is 1. The van der Waals surface area contributed by atoms with Gasteiger partial charge in [0, 0.05) is 41.3 Å². The van der Waals surface area contributed by atoms with Gasteiger partial charge in [-0.3, -0.25) is 9.78 Å². The number of anilines is 4. The number of nitrogens with two attached hydrogens (primary N) is 1. The minimum absolute atomic E-state index is 0.292. The van der Waals surface area contributed by atoms with Gasteiger partial charge in [0.1, 0.15) is 18.4 Å². The molecule has 0 saturated heterocycles. The molecule has 1 unspecified atom stereocenters. The first-order valence-corrected chi connectivity index (χ1v) is 12.7. The first-order valence-electron chi connectivity index (χ1n) is 10.3. The Labute approximate surface area is 202 Å². The molecular weight excluding hydrogens is 468 g/mol. The fourth-order valence-corrected chi connectivity index (χ4v) is 5.20. The van der Waals surface area contributed by atoms with Gasteiger partial charge in [0.2, 0.25) is 0 Å². The molecule has 3 aromatic heterocycles. The normalized spacial score (nSPS) is 12.1. The van der Waals surface area contributed by atoms with Crippen molar-refractivity contribution in [3.63, 3.8) is 0 Å². The lowest BCUT2D eigenvalue weighted by molar-refractivity contribution is 0.102. The fraction of sp³-hybridized carbons (Fsp3) is 0.0833. The Kier molecular flexibility index (Phi) is 5.78. The van der Waals surface area contributed by atoms with Crippen molar-refractivity contribution < 1.29 is 9.35 Å². The molecule has 34 heavy (non-hydrogen) atoms. The van der Waals surface area contributed by atoms with E-state index in [4.69, 9.17) is 5.73 Å². The summed E-state index contributed by atoms with van der Waals surface area (Å²) >= 11 is 0.281. The van der Waals surface area contributed by atoms with Crippen LogP contribution in [0.1, 0.15) is 10.4 Å². The smallest absolute Gasteiger partial charge is 0.258 e. The van der Waals surface area contributed by atoms with Crippen molar-refractivity contribution in [1.29, 1.82) is 0 Å². The van der Waals surface area contributed by atoms with E-state index < -0.39 is 11.2 Å². The lowest BCUT2D eigenvalue weighted by Crippen LogP contribution is -2.17. The SMILES string of the molecule is CN(c1ccc([S+](C)[O-])cc1)c1ccc2cnccc2c1NC(=O)c1csc2c(N)ncnc12. The molecule has 0 saturated carbocycles. The van der Waals surface area contributed by atoms with E-state index in [1.54, 1.807) is 24.0 Å². The van der Waals surface area contributed by atoms with E-state index in [2.05, 4.69) is 20.3 Å². The van der Waals surface area contributed by atoms with Crippen LogP contribution in [0, 0.1) is 0 Å². The second-order valence-electron chi connectivity index (χ2n) is 7.60. The third kappa shape index (κ3) is 3.92. The number of thiophene rings is 1. The van der Waals surface area contributed by atoms with Crippen LogP contribution in [0.25, 0.3) is 21.0 Å². The van der Waals surface area contributed by atoms with Crippen molar-refractivity contribution in [2.45, 2.75) is 4.90 Å². The zero-order chi connectivity index (χ0) is 23.8. The summed E-state index contributed by atoms with van der Waals surface area (Å²) in [7, 11) is 1.92. The van der Waals surface area contributed by atoms with Crippen molar-refractivity contribution in [3.05, 3.63) is 72.1 Å². The first-order chi connectivity index (χ1) is 16.4. The van der Waals surface area contributed by atoms with Crippen molar-refractivity contribution in [2.75, 3.05) is 29.3 Å². The van der Waals surface area contributed by atoms with Gasteiger partial charge in [0.05, 0.1) is 27.2 Å². The molecule has 0 bridgehead atoms. The van der Waals surface area contributed by atoms with E-state index >= 15 is 0 Å². The van der Waals surface area contributed by atoms with Crippen LogP contribution in [0.15, 0.2) is 71.5 Å². The molecule has 3 heterocycles. The highest BCUT2D eigenvalue weighted by Crippen LogP contribution is 2.38. The number of aromatic nitrogens is 3. The molecule has 0 spiro atoms. The summed E-state index contributed by atoms with van der Waals surface area (Å²) in [5, 5.41) is 6.59. The van der Waals surface area contributed by atoms with Crippen molar-refractivity contribution in [2.24, 2.45) is 0 Å². The molecule has 0 aliphatic rings. The molecule has 0 aliphatic heterocycles. The van der Waals surface area contributed by atoms with Gasteiger partial charge in [-0.2, -0.15) is 0 Å². The summed E-state index contributed by atoms with van der Waals surface area (Å²) in [6, 6.07) is 13.3. The van der Waals surface area contributed by atoms with Gasteiger partial charge in [-0.25, -0.2) is 9.97 Å². The zero-order valence-corrected chi connectivity index (χ0v) is 20.0. The Balaban J connectivity index is 1.58. The van der Waals surface area contributed by atoms with Crippen LogP contribution in [0.4, 0.5) is 22.9 Å². The Bertz CT molecular complexity index is 1520. The van der Waals surface area contributed by atoms with Gasteiger partial charge in [-0.05, 0) is 47.6 Å². The summed E-state index contributed by atoms with van der Waals surface area (Å²) in [5.41, 5.74) is 9.24. The third-order valence-electron chi connectivity index (χ3n) is 5.58. The highest BCUT2D eigenvalue weighted by molar-refractivity contribution is 7.90. The molecule has 5 rings (SSSR count). The predicted octanol–water partition coefficient (Wildman–Crippen LogP) is 4.58. The molecule has 1 amide bonds. The second kappa shape index (κ2) is 8.90. The molecule has 1 atom stereocenters. The number of nitrogens with one attached hydrogen (secondary N) is 1. The number of carbonyl (C=O) groups excluding carboxylic acids is 1. The molecule has 2 aromatic carbocycles. The number of hydrogen-bond acceptors (Lipinski definition) is 8. The molecule has 0 aliphatic carbocycles. The highest BCUT2D eigenvalue weighted by atomic mass is 32.2. The topological polar surface area (TPSA) is 120 Å². The van der Waals surface area contributed by atoms with Crippen molar-refractivity contribution in [1.82, 2.24) is 15.0 Å². The van der Waals surface area contributed by atoms with E-state index in [0.29, 0.717) is 27.3 Å². The number of amides is 1. The first kappa shape index (κ1) is 22.1. The molecule has 10 heteroatoms.